The van der Waals surface area contributed by atoms with Gasteiger partial charge < -0.3 is 28.6 Å². The quantitative estimate of drug-likeness (QED) is 0.212. The lowest BCUT2D eigenvalue weighted by Crippen LogP contribution is -2.43. The molecule has 5 rings (SSSR count). The van der Waals surface area contributed by atoms with E-state index in [0.717, 1.165) is 21.3 Å². The summed E-state index contributed by atoms with van der Waals surface area (Å²) in [6.45, 7) is -0.129. The van der Waals surface area contributed by atoms with Crippen LogP contribution < -0.4 is 20.7 Å². The number of aliphatic hydroxyl groups excluding tert-OH is 1. The van der Waals surface area contributed by atoms with Gasteiger partial charge in [-0.2, -0.15) is 0 Å². The van der Waals surface area contributed by atoms with Crippen LogP contribution in [-0.4, -0.2) is 63.8 Å². The first-order valence-corrected chi connectivity index (χ1v) is 14.9. The van der Waals surface area contributed by atoms with Crippen LogP contribution in [0.25, 0.3) is 0 Å². The molecule has 0 spiro atoms. The highest BCUT2D eigenvalue weighted by atomic mass is 32.2. The largest absolute Gasteiger partial charge is 0.616 e. The number of rotatable bonds is 10. The van der Waals surface area contributed by atoms with Gasteiger partial charge in [0, 0.05) is 12.3 Å². The van der Waals surface area contributed by atoms with Gasteiger partial charge in [-0.05, 0) is 52.1 Å². The summed E-state index contributed by atoms with van der Waals surface area (Å²) in [6.07, 6.45) is -0.572. The maximum Gasteiger partial charge on any atom is 0.330 e. The minimum Gasteiger partial charge on any atom is -0.616 e. The van der Waals surface area contributed by atoms with Crippen LogP contribution in [0.4, 0.5) is 0 Å². The summed E-state index contributed by atoms with van der Waals surface area (Å²) in [4.78, 5) is 26.4. The first kappa shape index (κ1) is 29.6. The lowest BCUT2D eigenvalue weighted by atomic mass is 9.80. The number of nitrogens with zero attached hydrogens (tertiary/aromatic N) is 1. The van der Waals surface area contributed by atoms with E-state index in [-0.39, 0.29) is 6.61 Å². The lowest BCUT2D eigenvalue weighted by molar-refractivity contribution is -0.0944. The van der Waals surface area contributed by atoms with Gasteiger partial charge in [-0.15, -0.1) is 0 Å². The molecule has 0 bridgehead atoms. The number of nitrogens with one attached hydrogen (secondary N) is 1. The summed E-state index contributed by atoms with van der Waals surface area (Å²) in [5, 5.41) is 10.4. The van der Waals surface area contributed by atoms with E-state index in [1.807, 2.05) is 78.9 Å². The molecule has 10 nitrogen and oxygen atoms in total. The van der Waals surface area contributed by atoms with Crippen molar-refractivity contribution in [1.82, 2.24) is 9.55 Å². The van der Waals surface area contributed by atoms with Gasteiger partial charge in [0.25, 0.3) is 5.56 Å². The number of methoxy groups -OCH3 is 2. The second kappa shape index (κ2) is 12.6. The summed E-state index contributed by atoms with van der Waals surface area (Å²) in [5.74, 6) is 1.35. The monoisotopic (exact) mass is 592 g/mol. The van der Waals surface area contributed by atoms with Crippen molar-refractivity contribution in [3.63, 3.8) is 0 Å². The Hall–Kier alpha value is -3.87. The fraction of sp³-hybridized carbons (Fsp3) is 0.290. The second-order valence-corrected chi connectivity index (χ2v) is 11.4. The number of hydrogen-bond acceptors (Lipinski definition) is 8. The summed E-state index contributed by atoms with van der Waals surface area (Å²) in [6, 6.07) is 25.8. The molecule has 3 aromatic carbocycles. The average molecular weight is 593 g/mol. The van der Waals surface area contributed by atoms with Crippen LogP contribution in [-0.2, 0) is 26.3 Å². The van der Waals surface area contributed by atoms with E-state index in [2.05, 4.69) is 4.98 Å². The van der Waals surface area contributed by atoms with E-state index in [9.17, 15) is 19.2 Å². The minimum absolute atomic E-state index is 0.129. The minimum atomic E-state index is -1.59. The molecule has 0 aliphatic carbocycles. The molecule has 1 aliphatic rings. The highest BCUT2D eigenvalue weighted by Gasteiger charge is 2.52. The van der Waals surface area contributed by atoms with Crippen molar-refractivity contribution in [3.05, 3.63) is 129 Å². The van der Waals surface area contributed by atoms with E-state index < -0.39 is 51.7 Å². The third-order valence-electron chi connectivity index (χ3n) is 7.46. The van der Waals surface area contributed by atoms with Crippen molar-refractivity contribution < 1.29 is 28.6 Å². The van der Waals surface area contributed by atoms with Crippen LogP contribution >= 0.6 is 0 Å². The third-order valence-corrected chi connectivity index (χ3v) is 8.74. The predicted octanol–water partition coefficient (Wildman–Crippen LogP) is 2.57. The molecule has 1 aromatic heterocycles. The normalized spacial score (nSPS) is 21.2. The van der Waals surface area contributed by atoms with Crippen molar-refractivity contribution >= 4 is 11.2 Å². The standard InChI is InChI=1S/C31H32N2O8S/c1-38-23-13-9-21(10-14-23)31(20-7-5-4-6-8-20,22-11-15-24(39-2)16-12-22)40-19-25-27(35)28(42(3)37)29(41-25)33-18-17-26(34)32-30(33)36/h4-18,25,27-29,35H,19H2,1-3H3,(H,32,34,36)/t25-,27-,28-,29-,42?/m1/s1. The van der Waals surface area contributed by atoms with E-state index in [1.54, 1.807) is 14.2 Å². The van der Waals surface area contributed by atoms with Gasteiger partial charge in [0.05, 0.1) is 27.1 Å². The van der Waals surface area contributed by atoms with Crippen molar-refractivity contribution in [2.75, 3.05) is 27.1 Å². The van der Waals surface area contributed by atoms with Crippen LogP contribution in [0.15, 0.2) is 101 Å². The third kappa shape index (κ3) is 5.61. The van der Waals surface area contributed by atoms with Crippen LogP contribution in [0.2, 0.25) is 0 Å². The van der Waals surface area contributed by atoms with E-state index in [4.69, 9.17) is 18.9 Å². The van der Waals surface area contributed by atoms with Crippen LogP contribution in [0.5, 0.6) is 11.5 Å². The number of benzene rings is 3. The molecule has 42 heavy (non-hydrogen) atoms. The Morgan fingerprint density at radius 3 is 1.95 bits per heavy atom. The van der Waals surface area contributed by atoms with Gasteiger partial charge in [0.1, 0.15) is 29.3 Å². The molecule has 220 valence electrons. The van der Waals surface area contributed by atoms with Gasteiger partial charge in [-0.1, -0.05) is 54.6 Å². The van der Waals surface area contributed by atoms with Gasteiger partial charge in [-0.25, -0.2) is 4.79 Å². The smallest absolute Gasteiger partial charge is 0.330 e. The lowest BCUT2D eigenvalue weighted by Gasteiger charge is -2.37. The maximum absolute atomic E-state index is 12.8. The molecule has 2 heterocycles. The van der Waals surface area contributed by atoms with Crippen molar-refractivity contribution in [2.24, 2.45) is 0 Å². The Labute approximate surface area is 245 Å². The van der Waals surface area contributed by atoms with Crippen molar-refractivity contribution in [2.45, 2.75) is 29.3 Å². The topological polar surface area (TPSA) is 135 Å². The Kier molecular flexibility index (Phi) is 8.85. The second-order valence-electron chi connectivity index (χ2n) is 9.85. The Morgan fingerprint density at radius 1 is 0.905 bits per heavy atom. The fourth-order valence-corrected chi connectivity index (χ4v) is 6.44. The van der Waals surface area contributed by atoms with E-state index in [1.165, 1.54) is 18.5 Å². The van der Waals surface area contributed by atoms with Gasteiger partial charge in [0.2, 0.25) is 0 Å². The summed E-state index contributed by atoms with van der Waals surface area (Å²) in [5.41, 5.74) is -0.0806. The fourth-order valence-electron chi connectivity index (χ4n) is 5.35. The summed E-state index contributed by atoms with van der Waals surface area (Å²) in [7, 11) is 3.19. The first-order valence-electron chi connectivity index (χ1n) is 13.2. The van der Waals surface area contributed by atoms with Gasteiger partial charge in [-0.3, -0.25) is 14.3 Å². The Bertz CT molecular complexity index is 1540. The molecule has 1 saturated heterocycles. The Balaban J connectivity index is 1.58. The molecule has 11 heteroatoms. The first-order chi connectivity index (χ1) is 20.3. The van der Waals surface area contributed by atoms with Crippen LogP contribution in [0, 0.1) is 0 Å². The molecule has 1 fully saturated rings. The number of ether oxygens (including phenoxy) is 4. The van der Waals surface area contributed by atoms with Crippen LogP contribution in [0.1, 0.15) is 22.9 Å². The molecule has 0 saturated carbocycles. The number of aromatic nitrogens is 2. The average Bonchev–Trinajstić information content (AvgIpc) is 3.34. The molecular formula is C31H32N2O8S. The molecule has 1 unspecified atom stereocenters. The van der Waals surface area contributed by atoms with Gasteiger partial charge in [0.15, 0.2) is 11.5 Å². The molecular weight excluding hydrogens is 560 g/mol. The molecule has 2 N–H and O–H groups in total. The Morgan fingerprint density at radius 2 is 1.45 bits per heavy atom. The molecule has 1 aliphatic heterocycles. The number of aromatic amines is 1. The van der Waals surface area contributed by atoms with Crippen molar-refractivity contribution in [3.8, 4) is 11.5 Å². The molecule has 0 amide bonds. The number of aliphatic hydroxyl groups is 1. The maximum atomic E-state index is 12.8. The highest BCUT2D eigenvalue weighted by molar-refractivity contribution is 7.91. The van der Waals surface area contributed by atoms with E-state index >= 15 is 0 Å². The summed E-state index contributed by atoms with van der Waals surface area (Å²) < 4.78 is 37.7. The molecule has 0 radical (unpaired) electrons. The highest BCUT2D eigenvalue weighted by Crippen LogP contribution is 2.43. The van der Waals surface area contributed by atoms with E-state index in [0.29, 0.717) is 11.5 Å². The summed E-state index contributed by atoms with van der Waals surface area (Å²) >= 11 is -1.59. The molecule has 5 atom stereocenters. The zero-order valence-corrected chi connectivity index (χ0v) is 24.2. The molecule has 4 aromatic rings. The number of H-pyrrole nitrogens is 1. The zero-order valence-electron chi connectivity index (χ0n) is 23.3. The van der Waals surface area contributed by atoms with Crippen molar-refractivity contribution in [1.29, 1.82) is 0 Å². The predicted molar refractivity (Wildman–Crippen MR) is 157 cm³/mol. The van der Waals surface area contributed by atoms with Crippen LogP contribution in [0.3, 0.4) is 0 Å². The SMILES string of the molecule is COc1ccc(C(OC[C@H]2O[C@@H](n3ccc(=O)[nH]c3=O)[C@H]([S+](C)[O-])[C@@H]2O)(c2ccccc2)c2ccc(OC)cc2)cc1. The zero-order chi connectivity index (χ0) is 29.9. The van der Waals surface area contributed by atoms with Gasteiger partial charge >= 0.3 is 5.69 Å². The number of hydrogen-bond donors (Lipinski definition) is 2.